The molecule has 176 valence electrons. The molecule has 10 heteroatoms. The number of fused-ring (bicyclic) bond motifs is 1. The van der Waals surface area contributed by atoms with Crippen molar-refractivity contribution in [2.24, 2.45) is 5.92 Å². The maximum Gasteiger partial charge on any atom is 0.433 e. The average molecular weight is 488 g/mol. The van der Waals surface area contributed by atoms with Gasteiger partial charge < -0.3 is 4.90 Å². The van der Waals surface area contributed by atoms with Crippen LogP contribution in [-0.4, -0.2) is 42.8 Å². The van der Waals surface area contributed by atoms with Crippen LogP contribution in [0.3, 0.4) is 0 Å². The molecule has 5 rings (SSSR count). The Kier molecular flexibility index (Phi) is 5.97. The van der Waals surface area contributed by atoms with Crippen LogP contribution in [0, 0.1) is 5.92 Å². The molecule has 3 atom stereocenters. The van der Waals surface area contributed by atoms with E-state index in [-0.39, 0.29) is 30.2 Å². The third-order valence-corrected chi connectivity index (χ3v) is 6.69. The van der Waals surface area contributed by atoms with Gasteiger partial charge in [0, 0.05) is 47.7 Å². The van der Waals surface area contributed by atoms with E-state index in [1.165, 1.54) is 0 Å². The minimum absolute atomic E-state index is 0.122. The fraction of sp³-hybridized carbons (Fsp3) is 0.375. The number of carbonyl (C=O) groups is 1. The Morgan fingerprint density at radius 2 is 1.88 bits per heavy atom. The summed E-state index contributed by atoms with van der Waals surface area (Å²) < 4.78 is 39.1. The molecule has 1 aliphatic heterocycles. The lowest BCUT2D eigenvalue weighted by atomic mass is 9.95. The Balaban J connectivity index is 1.41. The summed E-state index contributed by atoms with van der Waals surface area (Å²) in [6.07, 6.45) is 3.27. The summed E-state index contributed by atoms with van der Waals surface area (Å²) in [5.41, 5.74) is 0.0621. The van der Waals surface area contributed by atoms with Gasteiger partial charge in [-0.05, 0) is 61.9 Å². The molecule has 0 N–H and O–H groups in total. The van der Waals surface area contributed by atoms with Gasteiger partial charge in [0.2, 0.25) is 0 Å². The molecular weight excluding hydrogens is 467 g/mol. The van der Waals surface area contributed by atoms with E-state index in [1.807, 2.05) is 4.90 Å². The van der Waals surface area contributed by atoms with Gasteiger partial charge in [-0.1, -0.05) is 11.6 Å². The van der Waals surface area contributed by atoms with Crippen LogP contribution in [0.25, 0.3) is 11.4 Å². The summed E-state index contributed by atoms with van der Waals surface area (Å²) >= 11 is 6.24. The highest BCUT2D eigenvalue weighted by Gasteiger charge is 2.50. The molecule has 2 aliphatic rings. The van der Waals surface area contributed by atoms with Crippen LogP contribution in [0.15, 0.2) is 48.9 Å². The summed E-state index contributed by atoms with van der Waals surface area (Å²) in [5, 5.41) is 0.432. The van der Waals surface area contributed by atoms with Crippen LogP contribution in [0.2, 0.25) is 5.02 Å². The standard InChI is InChI=1S/C24H21ClF3N5O/c25-15-3-6-17(22-30-9-1-10-31-22)18(13-15)23(34)33-16(4-2-14-12-19(14)33)5-7-21-29-11-8-20(32-21)24(26,27)28/h1,3,6,8-11,13-14,16,19H,2,4-5,7,12H2/t14?,16-,19?/m0/s1. The van der Waals surface area contributed by atoms with Crippen LogP contribution in [0.5, 0.6) is 0 Å². The first-order valence-corrected chi connectivity index (χ1v) is 11.5. The van der Waals surface area contributed by atoms with Gasteiger partial charge in [-0.3, -0.25) is 4.79 Å². The Hall–Kier alpha value is -3.07. The lowest BCUT2D eigenvalue weighted by Crippen LogP contribution is -2.45. The van der Waals surface area contributed by atoms with E-state index in [9.17, 15) is 18.0 Å². The van der Waals surface area contributed by atoms with Crippen LogP contribution in [0.1, 0.15) is 47.6 Å². The zero-order valence-electron chi connectivity index (χ0n) is 18.0. The molecule has 1 amide bonds. The van der Waals surface area contributed by atoms with Crippen molar-refractivity contribution in [1.29, 1.82) is 0 Å². The summed E-state index contributed by atoms with van der Waals surface area (Å²) in [7, 11) is 0. The summed E-state index contributed by atoms with van der Waals surface area (Å²) in [5.74, 6) is 0.856. The molecule has 3 aromatic rings. The second-order valence-electron chi connectivity index (χ2n) is 8.66. The molecule has 3 heterocycles. The van der Waals surface area contributed by atoms with E-state index in [4.69, 9.17) is 11.6 Å². The highest BCUT2D eigenvalue weighted by Crippen LogP contribution is 2.47. The molecule has 0 bridgehead atoms. The molecule has 2 fully saturated rings. The predicted octanol–water partition coefficient (Wildman–Crippen LogP) is 5.23. The van der Waals surface area contributed by atoms with E-state index in [1.54, 1.807) is 36.7 Å². The number of alkyl halides is 3. The number of hydrogen-bond donors (Lipinski definition) is 0. The van der Waals surface area contributed by atoms with Crippen molar-refractivity contribution in [3.8, 4) is 11.4 Å². The van der Waals surface area contributed by atoms with E-state index in [0.29, 0.717) is 34.3 Å². The quantitative estimate of drug-likeness (QED) is 0.492. The zero-order valence-corrected chi connectivity index (χ0v) is 18.8. The van der Waals surface area contributed by atoms with Gasteiger partial charge in [-0.2, -0.15) is 13.2 Å². The molecule has 1 aliphatic carbocycles. The number of hydrogen-bond acceptors (Lipinski definition) is 5. The van der Waals surface area contributed by atoms with Gasteiger partial charge in [-0.15, -0.1) is 0 Å². The van der Waals surface area contributed by atoms with Crippen molar-refractivity contribution in [1.82, 2.24) is 24.8 Å². The van der Waals surface area contributed by atoms with E-state index < -0.39 is 11.9 Å². The van der Waals surface area contributed by atoms with Gasteiger partial charge >= 0.3 is 6.18 Å². The van der Waals surface area contributed by atoms with Crippen LogP contribution >= 0.6 is 11.6 Å². The van der Waals surface area contributed by atoms with Crippen molar-refractivity contribution in [3.63, 3.8) is 0 Å². The number of rotatable bonds is 5. The number of halogens is 4. The van der Waals surface area contributed by atoms with Crippen LogP contribution in [-0.2, 0) is 12.6 Å². The zero-order chi connectivity index (χ0) is 23.9. The number of benzene rings is 1. The number of piperidine rings is 1. The Morgan fingerprint density at radius 1 is 1.09 bits per heavy atom. The minimum atomic E-state index is -4.52. The molecular formula is C24H21ClF3N5O. The van der Waals surface area contributed by atoms with Crippen molar-refractivity contribution >= 4 is 17.5 Å². The fourth-order valence-electron chi connectivity index (χ4n) is 4.74. The van der Waals surface area contributed by atoms with Gasteiger partial charge in [0.15, 0.2) is 5.82 Å². The minimum Gasteiger partial charge on any atom is -0.332 e. The lowest BCUT2D eigenvalue weighted by Gasteiger charge is -2.36. The van der Waals surface area contributed by atoms with Crippen LogP contribution < -0.4 is 0 Å². The third-order valence-electron chi connectivity index (χ3n) is 6.46. The van der Waals surface area contributed by atoms with Crippen molar-refractivity contribution in [2.45, 2.75) is 50.4 Å². The predicted molar refractivity (Wildman–Crippen MR) is 119 cm³/mol. The molecule has 1 saturated heterocycles. The number of aryl methyl sites for hydroxylation is 1. The lowest BCUT2D eigenvalue weighted by molar-refractivity contribution is -0.141. The fourth-order valence-corrected chi connectivity index (χ4v) is 4.91. The summed E-state index contributed by atoms with van der Waals surface area (Å²) in [6.45, 7) is 0. The second kappa shape index (κ2) is 8.94. The number of aromatic nitrogens is 4. The first-order chi connectivity index (χ1) is 16.3. The molecule has 2 aromatic heterocycles. The molecule has 0 spiro atoms. The Morgan fingerprint density at radius 3 is 2.65 bits per heavy atom. The van der Waals surface area contributed by atoms with E-state index >= 15 is 0 Å². The first-order valence-electron chi connectivity index (χ1n) is 11.1. The smallest absolute Gasteiger partial charge is 0.332 e. The van der Waals surface area contributed by atoms with E-state index in [2.05, 4.69) is 19.9 Å². The Bertz CT molecular complexity index is 1210. The first kappa shape index (κ1) is 22.7. The SMILES string of the molecule is O=C(c1cc(Cl)ccc1-c1ncccn1)N1C2CC2CC[C@H]1CCc1nccc(C(F)(F)F)n1. The number of nitrogens with zero attached hydrogens (tertiary/aromatic N) is 5. The molecule has 6 nitrogen and oxygen atoms in total. The number of carbonyl (C=O) groups excluding carboxylic acids is 1. The largest absolute Gasteiger partial charge is 0.433 e. The molecule has 1 saturated carbocycles. The summed E-state index contributed by atoms with van der Waals surface area (Å²) in [4.78, 5) is 32.0. The van der Waals surface area contributed by atoms with Crippen molar-refractivity contribution in [2.75, 3.05) is 0 Å². The third kappa shape index (κ3) is 4.61. The van der Waals surface area contributed by atoms with Gasteiger partial charge in [-0.25, -0.2) is 19.9 Å². The maximum absolute atomic E-state index is 13.8. The van der Waals surface area contributed by atoms with Crippen molar-refractivity contribution in [3.05, 3.63) is 71.0 Å². The normalized spacial score (nSPS) is 21.8. The molecule has 0 radical (unpaired) electrons. The number of amides is 1. The van der Waals surface area contributed by atoms with Gasteiger partial charge in [0.05, 0.1) is 5.56 Å². The molecule has 34 heavy (non-hydrogen) atoms. The number of likely N-dealkylation sites (tertiary alicyclic amines) is 1. The average Bonchev–Trinajstić information content (AvgIpc) is 3.62. The molecule has 1 aromatic carbocycles. The monoisotopic (exact) mass is 487 g/mol. The highest BCUT2D eigenvalue weighted by atomic mass is 35.5. The second-order valence-corrected chi connectivity index (χ2v) is 9.10. The Labute approximate surface area is 199 Å². The molecule has 2 unspecified atom stereocenters. The van der Waals surface area contributed by atoms with Gasteiger partial charge in [0.25, 0.3) is 5.91 Å². The highest BCUT2D eigenvalue weighted by molar-refractivity contribution is 6.31. The maximum atomic E-state index is 13.8. The van der Waals surface area contributed by atoms with Crippen molar-refractivity contribution < 1.29 is 18.0 Å². The topological polar surface area (TPSA) is 71.9 Å². The van der Waals surface area contributed by atoms with Crippen LogP contribution in [0.4, 0.5) is 13.2 Å². The van der Waals surface area contributed by atoms with E-state index in [0.717, 1.165) is 31.5 Å². The summed E-state index contributed by atoms with van der Waals surface area (Å²) in [6, 6.07) is 7.63. The van der Waals surface area contributed by atoms with Gasteiger partial charge in [0.1, 0.15) is 11.5 Å².